The van der Waals surface area contributed by atoms with E-state index in [9.17, 15) is 27.6 Å². The van der Waals surface area contributed by atoms with Gasteiger partial charge in [0, 0.05) is 19.5 Å². The van der Waals surface area contributed by atoms with Gasteiger partial charge >= 0.3 is 6.09 Å². The van der Waals surface area contributed by atoms with Crippen LogP contribution in [0.5, 0.6) is 5.75 Å². The highest BCUT2D eigenvalue weighted by Crippen LogP contribution is 2.32. The second-order valence-electron chi connectivity index (χ2n) is 13.4. The zero-order chi connectivity index (χ0) is 37.0. The SMILES string of the molecule is CCCN(CCC)C(=O)O[C@@H]1C[C@@H](C(=O)N[C@@H](CCCCN)C(=O)C2Nc3ccccc3O2)N(C(=O)[C@@H](CC=C2CCNCC2)NS(C)(=O)=O)C1. The number of nitrogens with one attached hydrogen (secondary N) is 4. The summed E-state index contributed by atoms with van der Waals surface area (Å²) in [6, 6.07) is 3.82. The molecule has 15 nitrogen and oxygen atoms in total. The number of carbonyl (C=O) groups excluding carboxylic acids is 4. The lowest BCUT2D eigenvalue weighted by atomic mass is 10.0. The molecule has 3 aliphatic rings. The fourth-order valence-electron chi connectivity index (χ4n) is 6.67. The molecule has 3 aliphatic heterocycles. The molecule has 0 aliphatic carbocycles. The number of ether oxygens (including phenoxy) is 2. The average molecular weight is 734 g/mol. The highest BCUT2D eigenvalue weighted by Gasteiger charge is 2.45. The van der Waals surface area contributed by atoms with E-state index in [2.05, 4.69) is 20.7 Å². The van der Waals surface area contributed by atoms with Crippen molar-refractivity contribution in [2.45, 2.75) is 102 Å². The molecule has 284 valence electrons. The Bertz CT molecular complexity index is 1470. The summed E-state index contributed by atoms with van der Waals surface area (Å²) in [6.07, 6.45) is 4.98. The molecule has 6 N–H and O–H groups in total. The number of hydrogen-bond acceptors (Lipinski definition) is 11. The van der Waals surface area contributed by atoms with Crippen LogP contribution in [0.1, 0.15) is 71.6 Å². The number of fused-ring (bicyclic) bond motifs is 1. The van der Waals surface area contributed by atoms with Gasteiger partial charge in [0.2, 0.25) is 33.8 Å². The molecule has 0 saturated carbocycles. The fourth-order valence-corrected chi connectivity index (χ4v) is 7.38. The molecular formula is C35H55N7O8S. The van der Waals surface area contributed by atoms with Gasteiger partial charge in [0.15, 0.2) is 0 Å². The largest absolute Gasteiger partial charge is 0.461 e. The molecular weight excluding hydrogens is 678 g/mol. The molecule has 0 spiro atoms. The standard InChI is InChI=1S/C35H55N7O8S/c1-4-20-41(21-5-2)35(46)49-25-22-29(42(23-25)34(45)28(40-51(3,47)48)14-13-24-15-18-37-19-16-24)32(44)38-27(11-8-9-17-36)31(43)33-39-26-10-6-7-12-30(26)50-33/h6-7,10,12-13,25,27-29,33,37,39-40H,4-5,8-9,11,14-23,36H2,1-3H3,(H,38,44)/t25-,27+,28-,29+,33?/m1/s1. The summed E-state index contributed by atoms with van der Waals surface area (Å²) in [7, 11) is -3.83. The van der Waals surface area contributed by atoms with Crippen molar-refractivity contribution in [3.05, 3.63) is 35.9 Å². The van der Waals surface area contributed by atoms with E-state index in [1.807, 2.05) is 26.0 Å². The quantitative estimate of drug-likeness (QED) is 0.109. The number of Topliss-reactive ketones (excluding diaryl/α,β-unsaturated/α-hetero) is 1. The molecule has 3 heterocycles. The fraction of sp³-hybridized carbons (Fsp3) is 0.657. The molecule has 16 heteroatoms. The van der Waals surface area contributed by atoms with Crippen LogP contribution < -0.4 is 31.1 Å². The Morgan fingerprint density at radius 1 is 1.10 bits per heavy atom. The number of rotatable bonds is 18. The zero-order valence-electron chi connectivity index (χ0n) is 30.0. The number of anilines is 1. The van der Waals surface area contributed by atoms with E-state index in [-0.39, 0.29) is 25.8 Å². The van der Waals surface area contributed by atoms with E-state index in [1.54, 1.807) is 23.1 Å². The van der Waals surface area contributed by atoms with Crippen LogP contribution in [-0.4, -0.2) is 118 Å². The number of piperidine rings is 1. The summed E-state index contributed by atoms with van der Waals surface area (Å²) < 4.78 is 39.1. The Hall–Kier alpha value is -3.73. The van der Waals surface area contributed by atoms with Crippen molar-refractivity contribution in [3.8, 4) is 5.75 Å². The van der Waals surface area contributed by atoms with E-state index in [1.165, 1.54) is 4.90 Å². The highest BCUT2D eigenvalue weighted by atomic mass is 32.2. The van der Waals surface area contributed by atoms with Crippen LogP contribution in [-0.2, 0) is 29.1 Å². The van der Waals surface area contributed by atoms with Gasteiger partial charge in [0.25, 0.3) is 0 Å². The lowest BCUT2D eigenvalue weighted by molar-refractivity contribution is -0.140. The van der Waals surface area contributed by atoms with E-state index in [0.29, 0.717) is 43.9 Å². The minimum absolute atomic E-state index is 0.0267. The molecule has 5 atom stereocenters. The van der Waals surface area contributed by atoms with Crippen LogP contribution in [0.2, 0.25) is 0 Å². The molecule has 1 aromatic rings. The Morgan fingerprint density at radius 3 is 2.45 bits per heavy atom. The Labute approximate surface area is 301 Å². The Kier molecular flexibility index (Phi) is 15.1. The van der Waals surface area contributed by atoms with Crippen LogP contribution in [0.3, 0.4) is 0 Å². The number of unbranched alkanes of at least 4 members (excludes halogenated alkanes) is 1. The van der Waals surface area contributed by atoms with Crippen molar-refractivity contribution in [3.63, 3.8) is 0 Å². The number of amides is 3. The number of para-hydroxylation sites is 2. The summed E-state index contributed by atoms with van der Waals surface area (Å²) in [4.78, 5) is 58.3. The number of sulfonamides is 1. The van der Waals surface area contributed by atoms with Crippen molar-refractivity contribution in [2.75, 3.05) is 50.8 Å². The number of ketones is 1. The molecule has 0 bridgehead atoms. The third kappa shape index (κ3) is 11.6. The maximum absolute atomic E-state index is 14.3. The predicted molar refractivity (Wildman–Crippen MR) is 193 cm³/mol. The van der Waals surface area contributed by atoms with Crippen molar-refractivity contribution in [1.82, 2.24) is 25.2 Å². The molecule has 3 amide bonds. The first-order chi connectivity index (χ1) is 24.4. The van der Waals surface area contributed by atoms with E-state index < -0.39 is 64.2 Å². The van der Waals surface area contributed by atoms with Gasteiger partial charge in [-0.2, -0.15) is 0 Å². The van der Waals surface area contributed by atoms with Gasteiger partial charge in [0.05, 0.1) is 24.5 Å². The third-order valence-electron chi connectivity index (χ3n) is 9.19. The summed E-state index contributed by atoms with van der Waals surface area (Å²) in [5.74, 6) is -1.11. The van der Waals surface area contributed by atoms with Gasteiger partial charge in [-0.05, 0) is 83.1 Å². The number of benzene rings is 1. The Morgan fingerprint density at radius 2 is 1.80 bits per heavy atom. The topological polar surface area (TPSA) is 201 Å². The minimum Gasteiger partial charge on any atom is -0.461 e. The maximum Gasteiger partial charge on any atom is 0.410 e. The van der Waals surface area contributed by atoms with Crippen molar-refractivity contribution < 1.29 is 37.1 Å². The second-order valence-corrected chi connectivity index (χ2v) is 15.2. The van der Waals surface area contributed by atoms with Crippen LogP contribution in [0.25, 0.3) is 0 Å². The summed E-state index contributed by atoms with van der Waals surface area (Å²) in [5.41, 5.74) is 7.49. The van der Waals surface area contributed by atoms with E-state index in [4.69, 9.17) is 15.2 Å². The van der Waals surface area contributed by atoms with Crippen molar-refractivity contribution in [1.29, 1.82) is 0 Å². The summed E-state index contributed by atoms with van der Waals surface area (Å²) in [5, 5.41) is 9.20. The lowest BCUT2D eigenvalue weighted by Crippen LogP contribution is -2.56. The summed E-state index contributed by atoms with van der Waals surface area (Å²) in [6.45, 7) is 6.76. The molecule has 0 aromatic heterocycles. The molecule has 1 unspecified atom stereocenters. The number of likely N-dealkylation sites (tertiary alicyclic amines) is 1. The third-order valence-corrected chi connectivity index (χ3v) is 9.90. The molecule has 1 aromatic carbocycles. The minimum atomic E-state index is -3.83. The van der Waals surface area contributed by atoms with E-state index in [0.717, 1.165) is 50.6 Å². The zero-order valence-corrected chi connectivity index (χ0v) is 30.8. The number of nitrogens with two attached hydrogens (primary N) is 1. The van der Waals surface area contributed by atoms with Gasteiger partial charge in [-0.1, -0.05) is 37.6 Å². The molecule has 0 radical (unpaired) electrons. The first-order valence-electron chi connectivity index (χ1n) is 18.1. The number of carbonyl (C=O) groups is 4. The van der Waals surface area contributed by atoms with Crippen LogP contribution in [0, 0.1) is 0 Å². The van der Waals surface area contributed by atoms with Crippen molar-refractivity contribution in [2.24, 2.45) is 5.73 Å². The first kappa shape index (κ1) is 40.0. The van der Waals surface area contributed by atoms with Gasteiger partial charge in [-0.3, -0.25) is 14.4 Å². The highest BCUT2D eigenvalue weighted by molar-refractivity contribution is 7.88. The molecule has 2 fully saturated rings. The Balaban J connectivity index is 1.58. The molecule has 2 saturated heterocycles. The van der Waals surface area contributed by atoms with E-state index >= 15 is 0 Å². The first-order valence-corrected chi connectivity index (χ1v) is 20.0. The smallest absolute Gasteiger partial charge is 0.410 e. The maximum atomic E-state index is 14.3. The summed E-state index contributed by atoms with van der Waals surface area (Å²) >= 11 is 0. The number of nitrogens with zero attached hydrogens (tertiary/aromatic N) is 2. The van der Waals surface area contributed by atoms with Gasteiger partial charge < -0.3 is 41.0 Å². The van der Waals surface area contributed by atoms with Gasteiger partial charge in [-0.25, -0.2) is 17.9 Å². The average Bonchev–Trinajstić information content (AvgIpc) is 3.74. The van der Waals surface area contributed by atoms with Crippen LogP contribution in [0.4, 0.5) is 10.5 Å². The molecule has 4 rings (SSSR count). The van der Waals surface area contributed by atoms with Crippen molar-refractivity contribution >= 4 is 39.4 Å². The van der Waals surface area contributed by atoms with Crippen LogP contribution >= 0.6 is 0 Å². The monoisotopic (exact) mass is 733 g/mol. The van der Waals surface area contributed by atoms with Gasteiger partial charge in [0.1, 0.15) is 23.9 Å². The molecule has 51 heavy (non-hydrogen) atoms. The normalized spacial score (nSPS) is 21.1. The lowest BCUT2D eigenvalue weighted by Gasteiger charge is -2.29. The second kappa shape index (κ2) is 19.2. The number of hydrogen-bond donors (Lipinski definition) is 5. The predicted octanol–water partition coefficient (Wildman–Crippen LogP) is 1.85. The van der Waals surface area contributed by atoms with Gasteiger partial charge in [-0.15, -0.1) is 0 Å². The van der Waals surface area contributed by atoms with Crippen LogP contribution in [0.15, 0.2) is 35.9 Å².